The van der Waals surface area contributed by atoms with Crippen LogP contribution in [0.2, 0.25) is 0 Å². The summed E-state index contributed by atoms with van der Waals surface area (Å²) in [6.45, 7) is 5.37. The van der Waals surface area contributed by atoms with Gasteiger partial charge in [-0.25, -0.2) is 9.97 Å². The Kier molecular flexibility index (Phi) is 4.95. The van der Waals surface area contributed by atoms with Gasteiger partial charge < -0.3 is 10.5 Å². The molecule has 8 heteroatoms. The quantitative estimate of drug-likeness (QED) is 0.477. The van der Waals surface area contributed by atoms with Crippen molar-refractivity contribution < 1.29 is 14.5 Å². The van der Waals surface area contributed by atoms with E-state index in [0.717, 1.165) is 6.33 Å². The van der Waals surface area contributed by atoms with Crippen molar-refractivity contribution in [3.05, 3.63) is 22.1 Å². The van der Waals surface area contributed by atoms with E-state index in [9.17, 15) is 14.9 Å². The van der Waals surface area contributed by atoms with Crippen LogP contribution in [0.5, 0.6) is 0 Å². The van der Waals surface area contributed by atoms with E-state index in [1.165, 1.54) is 0 Å². The van der Waals surface area contributed by atoms with E-state index in [1.54, 1.807) is 20.8 Å². The van der Waals surface area contributed by atoms with E-state index >= 15 is 0 Å². The maximum atomic E-state index is 12.3. The first kappa shape index (κ1) is 15.8. The monoisotopic (exact) mass is 282 g/mol. The first-order valence-electron chi connectivity index (χ1n) is 6.37. The molecule has 110 valence electrons. The molecule has 0 aromatic carbocycles. The minimum Gasteiger partial charge on any atom is -0.465 e. The molecule has 0 unspecified atom stereocenters. The van der Waals surface area contributed by atoms with Crippen LogP contribution in [0.3, 0.4) is 0 Å². The topological polar surface area (TPSA) is 121 Å². The van der Waals surface area contributed by atoms with Crippen LogP contribution in [0, 0.1) is 10.1 Å². The smallest absolute Gasteiger partial charge is 0.333 e. The summed E-state index contributed by atoms with van der Waals surface area (Å²) < 4.78 is 5.06. The van der Waals surface area contributed by atoms with Crippen molar-refractivity contribution in [3.63, 3.8) is 0 Å². The lowest BCUT2D eigenvalue weighted by Crippen LogP contribution is -2.38. The van der Waals surface area contributed by atoms with Crippen molar-refractivity contribution in [2.75, 3.05) is 12.3 Å². The molecule has 0 aliphatic heterocycles. The number of hydrogen-bond acceptors (Lipinski definition) is 7. The van der Waals surface area contributed by atoms with E-state index in [4.69, 9.17) is 10.5 Å². The lowest BCUT2D eigenvalue weighted by molar-refractivity contribution is -0.385. The predicted octanol–water partition coefficient (Wildman–Crippen LogP) is 1.59. The van der Waals surface area contributed by atoms with Crippen LogP contribution in [-0.4, -0.2) is 27.5 Å². The van der Waals surface area contributed by atoms with Crippen LogP contribution in [0.25, 0.3) is 0 Å². The van der Waals surface area contributed by atoms with E-state index < -0.39 is 22.0 Å². The normalized spacial score (nSPS) is 11.2. The molecule has 0 saturated carbocycles. The molecule has 0 aliphatic rings. The zero-order valence-corrected chi connectivity index (χ0v) is 11.8. The number of carbonyl (C=O) groups is 1. The number of ether oxygens (including phenoxy) is 1. The molecule has 0 amide bonds. The molecule has 0 aliphatic carbocycles. The molecule has 1 heterocycles. The summed E-state index contributed by atoms with van der Waals surface area (Å²) in [5.74, 6) is -0.790. The lowest BCUT2D eigenvalue weighted by atomic mass is 9.78. The van der Waals surface area contributed by atoms with Crippen LogP contribution in [-0.2, 0) is 14.9 Å². The van der Waals surface area contributed by atoms with E-state index in [2.05, 4.69) is 9.97 Å². The van der Waals surface area contributed by atoms with Gasteiger partial charge in [0.15, 0.2) is 0 Å². The van der Waals surface area contributed by atoms with Gasteiger partial charge in [0.05, 0.1) is 11.5 Å². The summed E-state index contributed by atoms with van der Waals surface area (Å²) in [4.78, 5) is 30.4. The highest BCUT2D eigenvalue weighted by Gasteiger charge is 2.45. The van der Waals surface area contributed by atoms with Gasteiger partial charge in [0.25, 0.3) is 0 Å². The Morgan fingerprint density at radius 1 is 1.40 bits per heavy atom. The first-order valence-corrected chi connectivity index (χ1v) is 6.37. The molecule has 1 aromatic rings. The summed E-state index contributed by atoms with van der Waals surface area (Å²) in [5, 5.41) is 11.2. The number of nitrogen functional groups attached to an aromatic ring is 1. The summed E-state index contributed by atoms with van der Waals surface area (Å²) in [6.07, 6.45) is 1.76. The van der Waals surface area contributed by atoms with Crippen molar-refractivity contribution in [2.24, 2.45) is 0 Å². The zero-order chi connectivity index (χ0) is 15.3. The minimum absolute atomic E-state index is 0.0125. The third-order valence-corrected chi connectivity index (χ3v) is 3.36. The van der Waals surface area contributed by atoms with Gasteiger partial charge >= 0.3 is 11.7 Å². The van der Waals surface area contributed by atoms with Crippen molar-refractivity contribution in [1.29, 1.82) is 0 Å². The van der Waals surface area contributed by atoms with E-state index in [-0.39, 0.29) is 18.1 Å². The predicted molar refractivity (Wildman–Crippen MR) is 72.0 cm³/mol. The second-order valence-electron chi connectivity index (χ2n) is 4.22. The molecule has 0 spiro atoms. The highest BCUT2D eigenvalue weighted by atomic mass is 16.6. The lowest BCUT2D eigenvalue weighted by Gasteiger charge is -2.27. The molecule has 0 atom stereocenters. The summed E-state index contributed by atoms with van der Waals surface area (Å²) in [6, 6.07) is 0. The number of aromatic nitrogens is 2. The molecule has 0 bridgehead atoms. The van der Waals surface area contributed by atoms with Crippen LogP contribution in [0.4, 0.5) is 11.5 Å². The average molecular weight is 282 g/mol. The molecule has 2 N–H and O–H groups in total. The molecular formula is C12H18N4O4. The number of esters is 1. The maximum absolute atomic E-state index is 12.3. The van der Waals surface area contributed by atoms with Gasteiger partial charge in [-0.2, -0.15) is 0 Å². The fourth-order valence-electron chi connectivity index (χ4n) is 2.16. The number of nitrogens with zero attached hydrogens (tertiary/aromatic N) is 3. The Morgan fingerprint density at radius 3 is 2.45 bits per heavy atom. The molecule has 0 radical (unpaired) electrons. The van der Waals surface area contributed by atoms with Gasteiger partial charge in [-0.1, -0.05) is 13.8 Å². The van der Waals surface area contributed by atoms with Gasteiger partial charge in [0.1, 0.15) is 17.4 Å². The maximum Gasteiger partial charge on any atom is 0.333 e. The third kappa shape index (κ3) is 2.54. The molecule has 0 saturated heterocycles. The fourth-order valence-corrected chi connectivity index (χ4v) is 2.16. The van der Waals surface area contributed by atoms with Gasteiger partial charge in [-0.3, -0.25) is 14.9 Å². The van der Waals surface area contributed by atoms with Crippen LogP contribution >= 0.6 is 0 Å². The number of rotatable bonds is 6. The van der Waals surface area contributed by atoms with Crippen molar-refractivity contribution in [3.8, 4) is 0 Å². The number of carbonyl (C=O) groups excluding carboxylic acids is 1. The Morgan fingerprint density at radius 2 is 2.00 bits per heavy atom. The van der Waals surface area contributed by atoms with Crippen molar-refractivity contribution in [1.82, 2.24) is 9.97 Å². The largest absolute Gasteiger partial charge is 0.465 e. The molecule has 1 rings (SSSR count). The highest BCUT2D eigenvalue weighted by molar-refractivity contribution is 5.84. The Bertz CT molecular complexity index is 514. The molecule has 20 heavy (non-hydrogen) atoms. The number of anilines is 1. The Balaban J connectivity index is 3.54. The molecule has 1 aromatic heterocycles. The second-order valence-corrected chi connectivity index (χ2v) is 4.22. The molecule has 8 nitrogen and oxygen atoms in total. The summed E-state index contributed by atoms with van der Waals surface area (Å²) in [7, 11) is 0. The Hall–Kier alpha value is -2.25. The third-order valence-electron chi connectivity index (χ3n) is 3.36. The summed E-state index contributed by atoms with van der Waals surface area (Å²) in [5.41, 5.74) is 3.96. The first-order chi connectivity index (χ1) is 9.44. The standard InChI is InChI=1S/C12H18N4O4/c1-4-12(5-2,11(17)20-6-3)9-8(16(18)19)10(13)15-7-14-9/h7H,4-6H2,1-3H3,(H2,13,14,15). The second kappa shape index (κ2) is 6.27. The Labute approximate surface area is 116 Å². The summed E-state index contributed by atoms with van der Waals surface area (Å²) >= 11 is 0. The minimum atomic E-state index is -1.19. The van der Waals surface area contributed by atoms with Crippen LogP contribution in [0.1, 0.15) is 39.3 Å². The zero-order valence-electron chi connectivity index (χ0n) is 11.8. The average Bonchev–Trinajstić information content (AvgIpc) is 2.40. The fraction of sp³-hybridized carbons (Fsp3) is 0.583. The number of hydrogen-bond donors (Lipinski definition) is 1. The molecule has 0 fully saturated rings. The van der Waals surface area contributed by atoms with Gasteiger partial charge in [-0.15, -0.1) is 0 Å². The van der Waals surface area contributed by atoms with Crippen molar-refractivity contribution >= 4 is 17.5 Å². The molecular weight excluding hydrogens is 264 g/mol. The van der Waals surface area contributed by atoms with Crippen molar-refractivity contribution in [2.45, 2.75) is 39.0 Å². The van der Waals surface area contributed by atoms with Gasteiger partial charge in [0.2, 0.25) is 5.82 Å². The van der Waals surface area contributed by atoms with Gasteiger partial charge in [-0.05, 0) is 19.8 Å². The van der Waals surface area contributed by atoms with Crippen LogP contribution < -0.4 is 5.73 Å². The van der Waals surface area contributed by atoms with E-state index in [0.29, 0.717) is 12.8 Å². The van der Waals surface area contributed by atoms with Crippen LogP contribution in [0.15, 0.2) is 6.33 Å². The number of nitrogens with two attached hydrogens (primary N) is 1. The highest BCUT2D eigenvalue weighted by Crippen LogP contribution is 2.38. The number of nitro groups is 1. The van der Waals surface area contributed by atoms with E-state index in [1.807, 2.05) is 0 Å². The van der Waals surface area contributed by atoms with Gasteiger partial charge in [0, 0.05) is 0 Å². The SMILES string of the molecule is CCOC(=O)C(CC)(CC)c1ncnc(N)c1[N+](=O)[O-].